The van der Waals surface area contributed by atoms with Crippen molar-refractivity contribution in [3.05, 3.63) is 34.4 Å². The second-order valence-corrected chi connectivity index (χ2v) is 4.70. The van der Waals surface area contributed by atoms with E-state index in [2.05, 4.69) is 31.4 Å². The Balaban J connectivity index is 2.32. The van der Waals surface area contributed by atoms with Gasteiger partial charge in [0.05, 0.1) is 11.6 Å². The maximum Gasteiger partial charge on any atom is 0.249 e. The van der Waals surface area contributed by atoms with Gasteiger partial charge < -0.3 is 9.73 Å². The Morgan fingerprint density at radius 2 is 2.22 bits per heavy atom. The maximum absolute atomic E-state index is 13.2. The Hall–Kier alpha value is -1.27. The molecule has 0 bridgehead atoms. The highest BCUT2D eigenvalue weighted by Crippen LogP contribution is 2.28. The quantitative estimate of drug-likeness (QED) is 0.941. The van der Waals surface area contributed by atoms with Crippen LogP contribution in [0.15, 0.2) is 27.1 Å². The second kappa shape index (κ2) is 5.58. The van der Waals surface area contributed by atoms with Crippen LogP contribution in [-0.2, 0) is 0 Å². The molecule has 1 aromatic carbocycles. The molecule has 0 aliphatic rings. The van der Waals surface area contributed by atoms with E-state index in [1.165, 1.54) is 12.1 Å². The highest BCUT2D eigenvalue weighted by molar-refractivity contribution is 9.10. The van der Waals surface area contributed by atoms with Crippen LogP contribution in [0, 0.1) is 5.82 Å². The zero-order chi connectivity index (χ0) is 13.1. The average molecular weight is 314 g/mol. The molecule has 0 radical (unpaired) electrons. The minimum Gasteiger partial charge on any atom is -0.419 e. The largest absolute Gasteiger partial charge is 0.419 e. The fraction of sp³-hybridized carbons (Fsp3) is 0.333. The number of aromatic nitrogens is 2. The summed E-state index contributed by atoms with van der Waals surface area (Å²) in [5.41, 5.74) is 0.553. The first-order chi connectivity index (χ1) is 8.61. The van der Waals surface area contributed by atoms with E-state index in [-0.39, 0.29) is 11.9 Å². The van der Waals surface area contributed by atoms with Crippen molar-refractivity contribution in [3.8, 4) is 11.5 Å². The molecule has 0 saturated carbocycles. The van der Waals surface area contributed by atoms with Crippen LogP contribution in [0.5, 0.6) is 0 Å². The summed E-state index contributed by atoms with van der Waals surface area (Å²) in [5.74, 6) is 0.455. The third kappa shape index (κ3) is 2.76. The van der Waals surface area contributed by atoms with E-state index in [0.717, 1.165) is 11.0 Å². The normalized spacial score (nSPS) is 12.7. The van der Waals surface area contributed by atoms with E-state index in [9.17, 15) is 4.39 Å². The topological polar surface area (TPSA) is 51.0 Å². The lowest BCUT2D eigenvalue weighted by Gasteiger charge is -2.05. The summed E-state index contributed by atoms with van der Waals surface area (Å²) < 4.78 is 19.5. The molecular formula is C12H13BrFN3O. The summed E-state index contributed by atoms with van der Waals surface area (Å²) in [5, 5.41) is 11.1. The van der Waals surface area contributed by atoms with Crippen LogP contribution in [-0.4, -0.2) is 16.7 Å². The second-order valence-electron chi connectivity index (χ2n) is 3.85. The van der Waals surface area contributed by atoms with Crippen LogP contribution in [0.25, 0.3) is 11.5 Å². The van der Waals surface area contributed by atoms with Crippen LogP contribution in [0.4, 0.5) is 4.39 Å². The fourth-order valence-corrected chi connectivity index (χ4v) is 1.99. The third-order valence-electron chi connectivity index (χ3n) is 2.48. The van der Waals surface area contributed by atoms with Crippen molar-refractivity contribution in [2.45, 2.75) is 19.9 Å². The predicted octanol–water partition coefficient (Wildman–Crippen LogP) is 3.31. The zero-order valence-corrected chi connectivity index (χ0v) is 11.7. The number of benzene rings is 1. The first-order valence-electron chi connectivity index (χ1n) is 5.64. The van der Waals surface area contributed by atoms with Crippen LogP contribution in [0.3, 0.4) is 0 Å². The Labute approximate surface area is 113 Å². The molecule has 0 aliphatic carbocycles. The number of nitrogens with zero attached hydrogens (tertiary/aromatic N) is 2. The molecular weight excluding hydrogens is 301 g/mol. The third-order valence-corrected chi connectivity index (χ3v) is 3.17. The maximum atomic E-state index is 13.2. The van der Waals surface area contributed by atoms with Gasteiger partial charge in [-0.15, -0.1) is 10.2 Å². The highest BCUT2D eigenvalue weighted by Gasteiger charge is 2.16. The molecule has 0 saturated heterocycles. The smallest absolute Gasteiger partial charge is 0.249 e. The van der Waals surface area contributed by atoms with Gasteiger partial charge in [-0.3, -0.25) is 0 Å². The van der Waals surface area contributed by atoms with E-state index in [4.69, 9.17) is 4.42 Å². The molecule has 4 nitrogen and oxygen atoms in total. The number of hydrogen-bond acceptors (Lipinski definition) is 4. The minimum atomic E-state index is -0.340. The van der Waals surface area contributed by atoms with E-state index < -0.39 is 0 Å². The summed E-state index contributed by atoms with van der Waals surface area (Å²) >= 11 is 3.33. The van der Waals surface area contributed by atoms with Gasteiger partial charge in [0.15, 0.2) is 0 Å². The minimum absolute atomic E-state index is 0.0245. The van der Waals surface area contributed by atoms with Crippen LogP contribution < -0.4 is 5.32 Å². The van der Waals surface area contributed by atoms with Crippen molar-refractivity contribution in [1.82, 2.24) is 15.5 Å². The van der Waals surface area contributed by atoms with Gasteiger partial charge in [-0.2, -0.15) is 0 Å². The Kier molecular flexibility index (Phi) is 4.08. The molecule has 1 heterocycles. The molecule has 0 fully saturated rings. The van der Waals surface area contributed by atoms with Crippen LogP contribution in [0.2, 0.25) is 0 Å². The van der Waals surface area contributed by atoms with Crippen LogP contribution in [0.1, 0.15) is 25.8 Å². The Morgan fingerprint density at radius 1 is 1.44 bits per heavy atom. The van der Waals surface area contributed by atoms with E-state index in [1.54, 1.807) is 6.07 Å². The van der Waals surface area contributed by atoms with E-state index >= 15 is 0 Å². The van der Waals surface area contributed by atoms with Gasteiger partial charge in [-0.05, 0) is 47.6 Å². The number of nitrogens with one attached hydrogen (secondary N) is 1. The number of rotatable bonds is 4. The fourth-order valence-electron chi connectivity index (χ4n) is 1.57. The monoisotopic (exact) mass is 313 g/mol. The number of halogens is 2. The molecule has 0 aliphatic heterocycles. The van der Waals surface area contributed by atoms with Gasteiger partial charge in [0.25, 0.3) is 0 Å². The van der Waals surface area contributed by atoms with Gasteiger partial charge in [-0.25, -0.2) is 4.39 Å². The summed E-state index contributed by atoms with van der Waals surface area (Å²) in [6, 6.07) is 4.32. The first-order valence-corrected chi connectivity index (χ1v) is 6.43. The standard InChI is InChI=1S/C12H13BrFN3O/c1-3-15-7(2)11-16-17-12(18-11)9-6-8(14)4-5-10(9)13/h4-7,15H,3H2,1-2H3. The van der Waals surface area contributed by atoms with Gasteiger partial charge in [0.2, 0.25) is 11.8 Å². The van der Waals surface area contributed by atoms with Gasteiger partial charge in [0, 0.05) is 4.47 Å². The van der Waals surface area contributed by atoms with Crippen molar-refractivity contribution in [3.63, 3.8) is 0 Å². The predicted molar refractivity (Wildman–Crippen MR) is 69.5 cm³/mol. The zero-order valence-electron chi connectivity index (χ0n) is 10.1. The lowest BCUT2D eigenvalue weighted by atomic mass is 10.2. The molecule has 0 amide bonds. The molecule has 18 heavy (non-hydrogen) atoms. The molecule has 2 rings (SSSR count). The van der Waals surface area contributed by atoms with E-state index in [0.29, 0.717) is 17.3 Å². The lowest BCUT2D eigenvalue weighted by molar-refractivity contribution is 0.428. The summed E-state index contributed by atoms with van der Waals surface area (Å²) in [6.45, 7) is 4.74. The average Bonchev–Trinajstić information content (AvgIpc) is 2.82. The van der Waals surface area contributed by atoms with Crippen molar-refractivity contribution in [1.29, 1.82) is 0 Å². The van der Waals surface area contributed by atoms with Gasteiger partial charge >= 0.3 is 0 Å². The molecule has 0 spiro atoms. The summed E-state index contributed by atoms with van der Waals surface area (Å²) in [7, 11) is 0. The summed E-state index contributed by atoms with van der Waals surface area (Å²) in [4.78, 5) is 0. The Morgan fingerprint density at radius 3 is 2.94 bits per heavy atom. The van der Waals surface area contributed by atoms with Gasteiger partial charge in [0.1, 0.15) is 5.82 Å². The van der Waals surface area contributed by atoms with Crippen molar-refractivity contribution >= 4 is 15.9 Å². The SMILES string of the molecule is CCNC(C)c1nnc(-c2cc(F)ccc2Br)o1. The lowest BCUT2D eigenvalue weighted by Crippen LogP contribution is -2.17. The van der Waals surface area contributed by atoms with Crippen LogP contribution >= 0.6 is 15.9 Å². The molecule has 2 aromatic rings. The molecule has 1 aromatic heterocycles. The van der Waals surface area contributed by atoms with Crippen molar-refractivity contribution in [2.75, 3.05) is 6.54 Å². The molecule has 1 N–H and O–H groups in total. The van der Waals surface area contributed by atoms with Crippen molar-refractivity contribution < 1.29 is 8.81 Å². The van der Waals surface area contributed by atoms with Gasteiger partial charge in [-0.1, -0.05) is 6.92 Å². The van der Waals surface area contributed by atoms with E-state index in [1.807, 2.05) is 13.8 Å². The molecule has 6 heteroatoms. The highest BCUT2D eigenvalue weighted by atomic mass is 79.9. The number of hydrogen-bond donors (Lipinski definition) is 1. The molecule has 96 valence electrons. The molecule has 1 atom stereocenters. The van der Waals surface area contributed by atoms with Crippen molar-refractivity contribution in [2.24, 2.45) is 0 Å². The first kappa shape index (κ1) is 13.2. The summed E-state index contributed by atoms with van der Waals surface area (Å²) in [6.07, 6.45) is 0. The molecule has 1 unspecified atom stereocenters. The Bertz CT molecular complexity index is 544.